The van der Waals surface area contributed by atoms with Crippen LogP contribution in [0.15, 0.2) is 28.3 Å². The Kier molecular flexibility index (Phi) is 1.48. The van der Waals surface area contributed by atoms with Gasteiger partial charge in [-0.05, 0) is 0 Å². The number of rotatable bonds is 2. The quantitative estimate of drug-likeness (QED) is 0.525. The molecule has 0 aliphatic carbocycles. The maximum absolute atomic E-state index is 10.5. The lowest BCUT2D eigenvalue weighted by Crippen LogP contribution is -2.11. The second kappa shape index (κ2) is 2.30. The average Bonchev–Trinajstić information content (AvgIpc) is 2.18. The molecule has 0 aliphatic rings. The van der Waals surface area contributed by atoms with E-state index in [0.717, 1.165) is 0 Å². The fourth-order valence-electron chi connectivity index (χ4n) is 0.486. The van der Waals surface area contributed by atoms with E-state index in [-0.39, 0.29) is 0 Å². The van der Waals surface area contributed by atoms with Crippen molar-refractivity contribution in [1.82, 2.24) is 9.72 Å². The molecule has 1 aromatic rings. The summed E-state index contributed by atoms with van der Waals surface area (Å²) in [5.74, 6) is -0.449. The summed E-state index contributed by atoms with van der Waals surface area (Å²) in [5, 5.41) is 3.27. The molecule has 0 saturated heterocycles. The summed E-state index contributed by atoms with van der Waals surface area (Å²) in [6.07, 6.45) is 2.92. The summed E-state index contributed by atoms with van der Waals surface area (Å²) >= 11 is 0. The molecule has 0 amide bonds. The lowest BCUT2D eigenvalue weighted by molar-refractivity contribution is 0.377. The molecule has 4 heteroatoms. The van der Waals surface area contributed by atoms with Gasteiger partial charge in [0.25, 0.3) is 0 Å². The van der Waals surface area contributed by atoms with Crippen LogP contribution >= 0.6 is 0 Å². The molecule has 48 valence electrons. The van der Waals surface area contributed by atoms with Crippen LogP contribution in [0.2, 0.25) is 0 Å². The highest BCUT2D eigenvalue weighted by Gasteiger charge is 1.93. The van der Waals surface area contributed by atoms with Crippen LogP contribution in [0.25, 0.3) is 0 Å². The zero-order valence-corrected chi connectivity index (χ0v) is 4.78. The van der Waals surface area contributed by atoms with Gasteiger partial charge in [0.15, 0.2) is 0 Å². The fourth-order valence-corrected chi connectivity index (χ4v) is 0.486. The van der Waals surface area contributed by atoms with E-state index in [2.05, 4.69) is 16.3 Å². The number of allylic oxidation sites excluding steroid dienone is 1. The Bertz CT molecular complexity index is 247. The highest BCUT2D eigenvalue weighted by molar-refractivity contribution is 4.70. The van der Waals surface area contributed by atoms with Crippen molar-refractivity contribution in [3.05, 3.63) is 29.5 Å². The van der Waals surface area contributed by atoms with Crippen LogP contribution in [-0.4, -0.2) is 9.72 Å². The molecular formula is C5H6N2O2. The van der Waals surface area contributed by atoms with Crippen molar-refractivity contribution >= 4 is 0 Å². The van der Waals surface area contributed by atoms with Gasteiger partial charge in [0.1, 0.15) is 6.33 Å². The number of aromatic nitrogens is 2. The highest BCUT2D eigenvalue weighted by atomic mass is 16.5. The topological polar surface area (TPSA) is 48.0 Å². The predicted octanol–water partition coefficient (Wildman–Crippen LogP) is 0.0223. The van der Waals surface area contributed by atoms with E-state index in [4.69, 9.17) is 0 Å². The van der Waals surface area contributed by atoms with Crippen molar-refractivity contribution in [2.75, 3.05) is 0 Å². The first-order valence-corrected chi connectivity index (χ1v) is 2.46. The first-order chi connectivity index (χ1) is 4.34. The summed E-state index contributed by atoms with van der Waals surface area (Å²) in [5.41, 5.74) is 0. The highest BCUT2D eigenvalue weighted by Crippen LogP contribution is 1.76. The lowest BCUT2D eigenvalue weighted by Gasteiger charge is -1.85. The molecule has 0 aromatic carbocycles. The molecule has 9 heavy (non-hydrogen) atoms. The van der Waals surface area contributed by atoms with Gasteiger partial charge in [0.2, 0.25) is 0 Å². The van der Waals surface area contributed by atoms with Crippen molar-refractivity contribution in [3.8, 4) is 0 Å². The number of nitrogens with zero attached hydrogens (tertiary/aromatic N) is 2. The van der Waals surface area contributed by atoms with Gasteiger partial charge < -0.3 is 0 Å². The fraction of sp³-hybridized carbons (Fsp3) is 0.200. The third kappa shape index (κ3) is 1.07. The molecule has 1 heterocycles. The summed E-state index contributed by atoms with van der Waals surface area (Å²) in [6, 6.07) is 0. The van der Waals surface area contributed by atoms with Crippen LogP contribution in [0.3, 0.4) is 0 Å². The minimum atomic E-state index is -0.449. The maximum Gasteiger partial charge on any atom is 0.441 e. The smallest absolute Gasteiger partial charge is 0.296 e. The summed E-state index contributed by atoms with van der Waals surface area (Å²) in [4.78, 5) is 10.5. The minimum absolute atomic E-state index is 0.447. The van der Waals surface area contributed by atoms with Gasteiger partial charge >= 0.3 is 5.76 Å². The first kappa shape index (κ1) is 5.81. The Morgan fingerprint density at radius 3 is 3.22 bits per heavy atom. The maximum atomic E-state index is 10.5. The van der Waals surface area contributed by atoms with Crippen LogP contribution < -0.4 is 5.76 Å². The molecule has 0 spiro atoms. The van der Waals surface area contributed by atoms with Crippen LogP contribution in [-0.2, 0) is 6.54 Å². The molecular weight excluding hydrogens is 120 g/mol. The Labute approximate surface area is 51.4 Å². The lowest BCUT2D eigenvalue weighted by atomic mass is 10.6. The molecule has 0 bridgehead atoms. The molecule has 0 saturated carbocycles. The third-order valence-electron chi connectivity index (χ3n) is 0.878. The van der Waals surface area contributed by atoms with Crippen molar-refractivity contribution in [2.45, 2.75) is 6.54 Å². The van der Waals surface area contributed by atoms with Crippen molar-refractivity contribution in [3.63, 3.8) is 0 Å². The van der Waals surface area contributed by atoms with Crippen LogP contribution in [0.5, 0.6) is 0 Å². The van der Waals surface area contributed by atoms with Crippen molar-refractivity contribution in [1.29, 1.82) is 0 Å². The standard InChI is InChI=1S/C5H6N2O2/c1-2-3-7-4-6-9-5(7)8/h2,4H,1,3H2. The molecule has 0 fully saturated rings. The van der Waals surface area contributed by atoms with E-state index >= 15 is 0 Å². The molecule has 0 atom stereocenters. The Morgan fingerprint density at radius 1 is 2.00 bits per heavy atom. The largest absolute Gasteiger partial charge is 0.441 e. The van der Waals surface area contributed by atoms with E-state index in [1.54, 1.807) is 6.08 Å². The van der Waals surface area contributed by atoms with Gasteiger partial charge in [-0.2, -0.15) is 0 Å². The van der Waals surface area contributed by atoms with Gasteiger partial charge in [-0.15, -0.1) is 6.58 Å². The monoisotopic (exact) mass is 126 g/mol. The normalized spacial score (nSPS) is 9.33. The zero-order valence-electron chi connectivity index (χ0n) is 4.78. The van der Waals surface area contributed by atoms with Gasteiger partial charge in [0.05, 0.1) is 0 Å². The van der Waals surface area contributed by atoms with Gasteiger partial charge in [0, 0.05) is 6.54 Å². The first-order valence-electron chi connectivity index (χ1n) is 2.46. The second-order valence-electron chi connectivity index (χ2n) is 1.52. The SMILES string of the molecule is C=CCn1cnoc1=O. The van der Waals surface area contributed by atoms with Crippen molar-refractivity contribution < 1.29 is 4.52 Å². The van der Waals surface area contributed by atoms with Crippen LogP contribution in [0, 0.1) is 0 Å². The molecule has 0 N–H and O–H groups in total. The number of hydrogen-bond donors (Lipinski definition) is 0. The van der Waals surface area contributed by atoms with Gasteiger partial charge in [-0.3, -0.25) is 9.09 Å². The second-order valence-corrected chi connectivity index (χ2v) is 1.52. The molecule has 1 aromatic heterocycles. The zero-order chi connectivity index (χ0) is 6.69. The summed E-state index contributed by atoms with van der Waals surface area (Å²) in [6.45, 7) is 3.89. The Hall–Kier alpha value is -1.32. The van der Waals surface area contributed by atoms with E-state index < -0.39 is 5.76 Å². The third-order valence-corrected chi connectivity index (χ3v) is 0.878. The van der Waals surface area contributed by atoms with E-state index in [1.165, 1.54) is 10.9 Å². The van der Waals surface area contributed by atoms with Crippen LogP contribution in [0.4, 0.5) is 0 Å². The molecule has 0 unspecified atom stereocenters. The summed E-state index contributed by atoms with van der Waals surface area (Å²) in [7, 11) is 0. The molecule has 4 nitrogen and oxygen atoms in total. The average molecular weight is 126 g/mol. The number of hydrogen-bond acceptors (Lipinski definition) is 3. The van der Waals surface area contributed by atoms with E-state index in [9.17, 15) is 4.79 Å². The van der Waals surface area contributed by atoms with E-state index in [1.807, 2.05) is 0 Å². The van der Waals surface area contributed by atoms with E-state index in [0.29, 0.717) is 6.54 Å². The van der Waals surface area contributed by atoms with Crippen LogP contribution in [0.1, 0.15) is 0 Å². The predicted molar refractivity (Wildman–Crippen MR) is 31.0 cm³/mol. The molecule has 0 aliphatic heterocycles. The van der Waals surface area contributed by atoms with Crippen molar-refractivity contribution in [2.24, 2.45) is 0 Å². The Morgan fingerprint density at radius 2 is 2.78 bits per heavy atom. The Balaban J connectivity index is 2.93. The van der Waals surface area contributed by atoms with Gasteiger partial charge in [-0.25, -0.2) is 4.79 Å². The van der Waals surface area contributed by atoms with Gasteiger partial charge in [-0.1, -0.05) is 11.2 Å². The molecule has 0 radical (unpaired) electrons. The molecule has 1 rings (SSSR count). The summed E-state index contributed by atoms with van der Waals surface area (Å²) < 4.78 is 5.54. The minimum Gasteiger partial charge on any atom is -0.296 e.